The van der Waals surface area contributed by atoms with E-state index >= 15 is 0 Å². The van der Waals surface area contributed by atoms with Gasteiger partial charge in [0, 0.05) is 22.7 Å². The van der Waals surface area contributed by atoms with Gasteiger partial charge in [0.2, 0.25) is 0 Å². The van der Waals surface area contributed by atoms with Gasteiger partial charge in [-0.2, -0.15) is 0 Å². The van der Waals surface area contributed by atoms with Crippen molar-refractivity contribution in [2.45, 2.75) is 0 Å². The Bertz CT molecular complexity index is 1230. The zero-order valence-corrected chi connectivity index (χ0v) is 16.9. The first kappa shape index (κ1) is 20.5. The summed E-state index contributed by atoms with van der Waals surface area (Å²) >= 11 is 0. The number of hydrogen-bond acceptors (Lipinski definition) is 8. The maximum absolute atomic E-state index is 12.5. The van der Waals surface area contributed by atoms with Crippen molar-refractivity contribution in [1.82, 2.24) is 0 Å². The molecule has 4 rings (SSSR count). The fourth-order valence-corrected chi connectivity index (χ4v) is 3.25. The number of fused-ring (bicyclic) bond motifs is 1. The smallest absolute Gasteiger partial charge is 0.343 e. The topological polar surface area (TPSA) is 157 Å². The number of ether oxygens (including phenoxy) is 2. The number of anilines is 4. The van der Waals surface area contributed by atoms with Crippen LogP contribution in [0.1, 0.15) is 20.7 Å². The van der Waals surface area contributed by atoms with Gasteiger partial charge >= 0.3 is 11.9 Å². The standard InChI is InChI=1S/C24H20N4O4/c25-17-5-15(6-18(26)11-17)23(29)31-21-3-1-13-2-4-22(10-14(13)9-21)32-24(30)16-7-19(27)12-20(28)8-16/h1-12H,25-28H2. The van der Waals surface area contributed by atoms with Crippen LogP contribution in [-0.4, -0.2) is 11.9 Å². The summed E-state index contributed by atoms with van der Waals surface area (Å²) in [6.07, 6.45) is 0. The van der Waals surface area contributed by atoms with Gasteiger partial charge in [0.1, 0.15) is 11.5 Å². The number of rotatable bonds is 4. The summed E-state index contributed by atoms with van der Waals surface area (Å²) in [5.74, 6) is -0.554. The molecule has 8 N–H and O–H groups in total. The Morgan fingerprint density at radius 3 is 1.25 bits per heavy atom. The second-order valence-electron chi connectivity index (χ2n) is 7.23. The summed E-state index contributed by atoms with van der Waals surface area (Å²) in [6.45, 7) is 0. The minimum absolute atomic E-state index is 0.242. The van der Waals surface area contributed by atoms with Gasteiger partial charge in [0.05, 0.1) is 11.1 Å². The lowest BCUT2D eigenvalue weighted by Crippen LogP contribution is -2.10. The minimum Gasteiger partial charge on any atom is -0.423 e. The van der Waals surface area contributed by atoms with Crippen molar-refractivity contribution in [3.8, 4) is 11.5 Å². The molecular weight excluding hydrogens is 408 g/mol. The first-order chi connectivity index (χ1) is 15.3. The van der Waals surface area contributed by atoms with E-state index in [1.807, 2.05) is 0 Å². The fraction of sp³-hybridized carbons (Fsp3) is 0. The van der Waals surface area contributed by atoms with Gasteiger partial charge in [-0.05, 0) is 71.4 Å². The lowest BCUT2D eigenvalue weighted by atomic mass is 10.1. The zero-order valence-electron chi connectivity index (χ0n) is 16.9. The third kappa shape index (κ3) is 4.54. The summed E-state index contributed by atoms with van der Waals surface area (Å²) in [5, 5.41) is 1.57. The van der Waals surface area contributed by atoms with Crippen molar-refractivity contribution in [2.24, 2.45) is 0 Å². The number of carbonyl (C=O) groups is 2. The Balaban J connectivity index is 1.56. The van der Waals surface area contributed by atoms with Gasteiger partial charge in [-0.15, -0.1) is 0 Å². The molecule has 0 aliphatic heterocycles. The number of hydrogen-bond donors (Lipinski definition) is 4. The van der Waals surface area contributed by atoms with Crippen molar-refractivity contribution in [1.29, 1.82) is 0 Å². The minimum atomic E-state index is -0.592. The molecule has 0 atom stereocenters. The van der Waals surface area contributed by atoms with Crippen LogP contribution in [0.4, 0.5) is 22.7 Å². The lowest BCUT2D eigenvalue weighted by Gasteiger charge is -2.09. The Kier molecular flexibility index (Phi) is 5.26. The molecule has 0 heterocycles. The molecule has 0 amide bonds. The third-order valence-electron chi connectivity index (χ3n) is 4.63. The summed E-state index contributed by atoms with van der Waals surface area (Å²) in [4.78, 5) is 24.9. The highest BCUT2D eigenvalue weighted by atomic mass is 16.5. The van der Waals surface area contributed by atoms with Crippen LogP contribution < -0.4 is 32.4 Å². The molecule has 0 spiro atoms. The van der Waals surface area contributed by atoms with E-state index in [2.05, 4.69) is 0 Å². The largest absolute Gasteiger partial charge is 0.423 e. The van der Waals surface area contributed by atoms with E-state index in [0.717, 1.165) is 5.39 Å². The van der Waals surface area contributed by atoms with Crippen LogP contribution in [0.2, 0.25) is 0 Å². The highest BCUT2D eigenvalue weighted by molar-refractivity contribution is 5.95. The van der Waals surface area contributed by atoms with E-state index in [1.165, 1.54) is 24.3 Å². The van der Waals surface area contributed by atoms with E-state index in [0.29, 0.717) is 39.6 Å². The van der Waals surface area contributed by atoms with Crippen LogP contribution in [0.15, 0.2) is 72.8 Å². The van der Waals surface area contributed by atoms with E-state index < -0.39 is 11.9 Å². The van der Waals surface area contributed by atoms with Crippen LogP contribution in [0.25, 0.3) is 10.8 Å². The highest BCUT2D eigenvalue weighted by Gasteiger charge is 2.13. The molecule has 0 aliphatic carbocycles. The molecule has 0 radical (unpaired) electrons. The monoisotopic (exact) mass is 428 g/mol. The molecule has 8 heteroatoms. The Morgan fingerprint density at radius 1 is 0.500 bits per heavy atom. The van der Waals surface area contributed by atoms with Gasteiger partial charge < -0.3 is 32.4 Å². The number of nitrogen functional groups attached to an aromatic ring is 4. The summed E-state index contributed by atoms with van der Waals surface area (Å²) in [6, 6.07) is 19.3. The van der Waals surface area contributed by atoms with Gasteiger partial charge in [-0.25, -0.2) is 9.59 Å². The molecule has 0 saturated heterocycles. The molecule has 160 valence electrons. The lowest BCUT2D eigenvalue weighted by molar-refractivity contribution is 0.0726. The number of nitrogens with two attached hydrogens (primary N) is 4. The van der Waals surface area contributed by atoms with E-state index in [-0.39, 0.29) is 11.1 Å². The van der Waals surface area contributed by atoms with Crippen molar-refractivity contribution in [3.05, 3.63) is 83.9 Å². The van der Waals surface area contributed by atoms with Crippen LogP contribution in [0.3, 0.4) is 0 Å². The molecule has 4 aromatic carbocycles. The molecule has 0 aliphatic rings. The van der Waals surface area contributed by atoms with Crippen molar-refractivity contribution in [3.63, 3.8) is 0 Å². The number of carbonyl (C=O) groups excluding carboxylic acids is 2. The molecule has 0 aromatic heterocycles. The molecule has 0 saturated carbocycles. The normalized spacial score (nSPS) is 10.6. The first-order valence-corrected chi connectivity index (χ1v) is 9.57. The molecule has 32 heavy (non-hydrogen) atoms. The average molecular weight is 428 g/mol. The number of esters is 2. The van der Waals surface area contributed by atoms with Gasteiger partial charge in [-0.1, -0.05) is 12.1 Å². The second-order valence-corrected chi connectivity index (χ2v) is 7.23. The Morgan fingerprint density at radius 2 is 0.875 bits per heavy atom. The summed E-state index contributed by atoms with van der Waals surface area (Å²) < 4.78 is 10.9. The number of benzene rings is 4. The first-order valence-electron chi connectivity index (χ1n) is 9.57. The SMILES string of the molecule is Nc1cc(N)cc(C(=O)Oc2ccc3ccc(OC(=O)c4cc(N)cc(N)c4)cc3c2)c1. The fourth-order valence-electron chi connectivity index (χ4n) is 3.25. The molecule has 4 aromatic rings. The molecule has 0 fully saturated rings. The predicted octanol–water partition coefficient (Wildman–Crippen LogP) is 3.61. The van der Waals surface area contributed by atoms with Crippen molar-refractivity contribution >= 4 is 45.5 Å². The van der Waals surface area contributed by atoms with Crippen LogP contribution in [0, 0.1) is 0 Å². The predicted molar refractivity (Wildman–Crippen MR) is 124 cm³/mol. The van der Waals surface area contributed by atoms with Gasteiger partial charge in [0.25, 0.3) is 0 Å². The third-order valence-corrected chi connectivity index (χ3v) is 4.63. The second kappa shape index (κ2) is 8.19. The van der Waals surface area contributed by atoms with Crippen LogP contribution >= 0.6 is 0 Å². The van der Waals surface area contributed by atoms with E-state index in [9.17, 15) is 9.59 Å². The van der Waals surface area contributed by atoms with Crippen molar-refractivity contribution < 1.29 is 19.1 Å². The highest BCUT2D eigenvalue weighted by Crippen LogP contribution is 2.27. The van der Waals surface area contributed by atoms with E-state index in [4.69, 9.17) is 32.4 Å². The molecule has 0 unspecified atom stereocenters. The molecule has 0 bridgehead atoms. The zero-order chi connectivity index (χ0) is 22.8. The van der Waals surface area contributed by atoms with Crippen molar-refractivity contribution in [2.75, 3.05) is 22.9 Å². The van der Waals surface area contributed by atoms with Crippen LogP contribution in [-0.2, 0) is 0 Å². The maximum atomic E-state index is 12.5. The van der Waals surface area contributed by atoms with E-state index in [1.54, 1.807) is 48.5 Å². The quantitative estimate of drug-likeness (QED) is 0.218. The van der Waals surface area contributed by atoms with Gasteiger partial charge in [0.15, 0.2) is 0 Å². The molecule has 8 nitrogen and oxygen atoms in total. The Hall–Kier alpha value is -4.72. The van der Waals surface area contributed by atoms with Crippen LogP contribution in [0.5, 0.6) is 11.5 Å². The van der Waals surface area contributed by atoms with Gasteiger partial charge in [-0.3, -0.25) is 0 Å². The maximum Gasteiger partial charge on any atom is 0.343 e. The molecular formula is C24H20N4O4. The Labute approximate surface area is 183 Å². The summed E-state index contributed by atoms with van der Waals surface area (Å²) in [5.41, 5.74) is 24.9. The summed E-state index contributed by atoms with van der Waals surface area (Å²) in [7, 11) is 0. The average Bonchev–Trinajstić information content (AvgIpc) is 2.72.